The van der Waals surface area contributed by atoms with Crippen molar-refractivity contribution >= 4 is 11.8 Å². The van der Waals surface area contributed by atoms with Crippen molar-refractivity contribution in [1.82, 2.24) is 10.2 Å². The van der Waals surface area contributed by atoms with Gasteiger partial charge < -0.3 is 20.3 Å². The molecule has 34 heavy (non-hydrogen) atoms. The zero-order valence-electron chi connectivity index (χ0n) is 21.6. The Bertz CT molecular complexity index is 849. The Morgan fingerprint density at radius 1 is 1.24 bits per heavy atom. The lowest BCUT2D eigenvalue weighted by Gasteiger charge is -2.64. The van der Waals surface area contributed by atoms with Crippen LogP contribution in [0.2, 0.25) is 0 Å². The predicted molar refractivity (Wildman–Crippen MR) is 130 cm³/mol. The fourth-order valence-electron chi connectivity index (χ4n) is 8.04. The second-order valence-electron chi connectivity index (χ2n) is 12.3. The molecule has 0 aromatic rings. The van der Waals surface area contributed by atoms with Crippen LogP contribution >= 0.6 is 0 Å². The fourth-order valence-corrected chi connectivity index (χ4v) is 8.04. The number of nitrogens with zero attached hydrogens (tertiary/aromatic N) is 1. The summed E-state index contributed by atoms with van der Waals surface area (Å²) in [4.78, 5) is 28.9. The van der Waals surface area contributed by atoms with Crippen LogP contribution < -0.4 is 5.32 Å². The summed E-state index contributed by atoms with van der Waals surface area (Å²) in [5.41, 5.74) is -3.07. The summed E-state index contributed by atoms with van der Waals surface area (Å²) in [6.45, 7) is 16.6. The van der Waals surface area contributed by atoms with Gasteiger partial charge in [0.25, 0.3) is 0 Å². The van der Waals surface area contributed by atoms with E-state index in [4.69, 9.17) is 4.74 Å². The van der Waals surface area contributed by atoms with Crippen LogP contribution in [0.5, 0.6) is 0 Å². The number of carbonyl (C=O) groups excluding carboxylic acids is 2. The molecule has 9 unspecified atom stereocenters. The maximum Gasteiger partial charge on any atom is 0.320 e. The van der Waals surface area contributed by atoms with Crippen molar-refractivity contribution in [3.63, 3.8) is 0 Å². The lowest BCUT2D eigenvalue weighted by molar-refractivity contribution is -0.253. The van der Waals surface area contributed by atoms with Crippen LogP contribution in [0.1, 0.15) is 66.7 Å². The molecule has 192 valence electrons. The first-order valence-electron chi connectivity index (χ1n) is 13.0. The number of ketones is 1. The molecule has 0 spiro atoms. The van der Waals surface area contributed by atoms with Gasteiger partial charge in [-0.05, 0) is 50.9 Å². The molecule has 2 bridgehead atoms. The molecule has 4 rings (SSSR count). The van der Waals surface area contributed by atoms with Gasteiger partial charge in [-0.15, -0.1) is 6.58 Å². The van der Waals surface area contributed by atoms with Crippen molar-refractivity contribution in [3.05, 3.63) is 12.7 Å². The number of Topliss-reactive ketones (excluding diaryl/α,β-unsaturated/α-hetero) is 1. The predicted octanol–water partition coefficient (Wildman–Crippen LogP) is 2.30. The van der Waals surface area contributed by atoms with E-state index in [9.17, 15) is 19.8 Å². The van der Waals surface area contributed by atoms with Crippen LogP contribution in [-0.4, -0.2) is 76.9 Å². The summed E-state index contributed by atoms with van der Waals surface area (Å²) >= 11 is 0. The molecule has 7 heteroatoms. The van der Waals surface area contributed by atoms with Gasteiger partial charge in [-0.25, -0.2) is 0 Å². The van der Waals surface area contributed by atoms with Crippen molar-refractivity contribution in [2.75, 3.05) is 26.2 Å². The van der Waals surface area contributed by atoms with Crippen LogP contribution in [0.3, 0.4) is 0 Å². The molecular formula is C27H44N2O5. The van der Waals surface area contributed by atoms with E-state index in [1.807, 2.05) is 20.8 Å². The lowest BCUT2D eigenvalue weighted by Crippen LogP contribution is -2.69. The quantitative estimate of drug-likeness (QED) is 0.423. The average Bonchev–Trinajstić information content (AvgIpc) is 3.14. The van der Waals surface area contributed by atoms with E-state index >= 15 is 0 Å². The molecule has 3 aliphatic carbocycles. The Balaban J connectivity index is 1.72. The van der Waals surface area contributed by atoms with Gasteiger partial charge in [0.2, 0.25) is 0 Å². The van der Waals surface area contributed by atoms with Gasteiger partial charge in [0.1, 0.15) is 11.4 Å². The van der Waals surface area contributed by atoms with E-state index in [-0.39, 0.29) is 36.7 Å². The highest BCUT2D eigenvalue weighted by Crippen LogP contribution is 2.69. The molecule has 9 atom stereocenters. The van der Waals surface area contributed by atoms with Crippen molar-refractivity contribution < 1.29 is 24.5 Å². The Hall–Kier alpha value is -1.28. The number of esters is 1. The van der Waals surface area contributed by atoms with Gasteiger partial charge in [0.15, 0.2) is 0 Å². The normalized spacial score (nSPS) is 49.6. The fraction of sp³-hybridized carbons (Fsp3) is 0.852. The second kappa shape index (κ2) is 8.68. The van der Waals surface area contributed by atoms with Gasteiger partial charge in [-0.3, -0.25) is 14.5 Å². The second-order valence-corrected chi connectivity index (χ2v) is 12.3. The number of nitrogens with one attached hydrogen (secondary N) is 1. The molecule has 1 saturated heterocycles. The maximum atomic E-state index is 13.5. The lowest BCUT2D eigenvalue weighted by atomic mass is 9.42. The van der Waals surface area contributed by atoms with E-state index in [1.165, 1.54) is 0 Å². The molecule has 0 radical (unpaired) electrons. The van der Waals surface area contributed by atoms with E-state index in [0.29, 0.717) is 25.7 Å². The van der Waals surface area contributed by atoms with E-state index < -0.39 is 40.0 Å². The number of ether oxygens (including phenoxy) is 1. The summed E-state index contributed by atoms with van der Waals surface area (Å²) in [6, 6.07) is 0.239. The molecule has 4 fully saturated rings. The van der Waals surface area contributed by atoms with Gasteiger partial charge in [-0.1, -0.05) is 26.8 Å². The highest BCUT2D eigenvalue weighted by molar-refractivity contribution is 5.86. The van der Waals surface area contributed by atoms with Gasteiger partial charge in [0, 0.05) is 48.8 Å². The number of aliphatic hydroxyl groups excluding tert-OH is 2. The Morgan fingerprint density at radius 2 is 1.94 bits per heavy atom. The Kier molecular flexibility index (Phi) is 6.59. The van der Waals surface area contributed by atoms with Crippen molar-refractivity contribution in [2.24, 2.45) is 28.1 Å². The molecule has 0 aromatic heterocycles. The number of rotatable bonds is 4. The van der Waals surface area contributed by atoms with Crippen molar-refractivity contribution in [1.29, 1.82) is 0 Å². The molecule has 3 N–H and O–H groups in total. The van der Waals surface area contributed by atoms with E-state index in [1.54, 1.807) is 6.08 Å². The molecule has 0 aromatic carbocycles. The molecule has 7 nitrogen and oxygen atoms in total. The minimum atomic E-state index is -0.987. The minimum Gasteiger partial charge on any atom is -0.458 e. The van der Waals surface area contributed by atoms with Gasteiger partial charge >= 0.3 is 5.97 Å². The molecule has 0 amide bonds. The van der Waals surface area contributed by atoms with Crippen LogP contribution in [0.4, 0.5) is 0 Å². The number of aliphatic hydroxyl groups is 2. The third-order valence-electron chi connectivity index (χ3n) is 10.7. The summed E-state index contributed by atoms with van der Waals surface area (Å²) in [5.74, 6) is -0.774. The zero-order chi connectivity index (χ0) is 25.1. The zero-order valence-corrected chi connectivity index (χ0v) is 21.6. The smallest absolute Gasteiger partial charge is 0.320 e. The topological polar surface area (TPSA) is 99.1 Å². The highest BCUT2D eigenvalue weighted by atomic mass is 16.6. The molecule has 1 aliphatic heterocycles. The molecule has 1 heterocycles. The average molecular weight is 477 g/mol. The van der Waals surface area contributed by atoms with Crippen LogP contribution in [0.25, 0.3) is 0 Å². The minimum absolute atomic E-state index is 0.125. The SMILES string of the molecule is C=CC1(C)CC(O)C2(C)C3C(=O)CCC3(CCC2(C)OC(=O)CN2CCNCC2C)C(C)C1O. The van der Waals surface area contributed by atoms with Crippen LogP contribution in [0.15, 0.2) is 12.7 Å². The highest BCUT2D eigenvalue weighted by Gasteiger charge is 2.72. The standard InChI is InChI=1S/C27H44N2O5/c1-7-24(4)14-20(31)26(6)22-19(30)8-9-27(22,18(3)23(24)33)11-10-25(26,5)34-21(32)16-29-13-12-28-15-17(29)2/h7,17-18,20,22-23,28,31,33H,1,8-16H2,2-6H3. The first kappa shape index (κ1) is 25.8. The van der Waals surface area contributed by atoms with Crippen molar-refractivity contribution in [3.8, 4) is 0 Å². The molecular weight excluding hydrogens is 432 g/mol. The van der Waals surface area contributed by atoms with Crippen LogP contribution in [-0.2, 0) is 14.3 Å². The molecule has 3 saturated carbocycles. The van der Waals surface area contributed by atoms with E-state index in [0.717, 1.165) is 19.6 Å². The number of hydrogen-bond donors (Lipinski definition) is 3. The Morgan fingerprint density at radius 3 is 2.59 bits per heavy atom. The third-order valence-corrected chi connectivity index (χ3v) is 10.7. The first-order valence-corrected chi connectivity index (χ1v) is 13.0. The van der Waals surface area contributed by atoms with Gasteiger partial charge in [-0.2, -0.15) is 0 Å². The van der Waals surface area contributed by atoms with Crippen LogP contribution in [0, 0.1) is 28.1 Å². The number of piperazine rings is 1. The largest absolute Gasteiger partial charge is 0.458 e. The third kappa shape index (κ3) is 3.61. The van der Waals surface area contributed by atoms with E-state index in [2.05, 4.69) is 30.6 Å². The molecule has 4 aliphatic rings. The summed E-state index contributed by atoms with van der Waals surface area (Å²) < 4.78 is 6.30. The number of carbonyl (C=O) groups is 2. The first-order chi connectivity index (χ1) is 15.8. The maximum absolute atomic E-state index is 13.5. The summed E-state index contributed by atoms with van der Waals surface area (Å²) in [7, 11) is 0. The van der Waals surface area contributed by atoms with Gasteiger partial charge in [0.05, 0.1) is 18.8 Å². The number of hydrogen-bond acceptors (Lipinski definition) is 7. The summed E-state index contributed by atoms with van der Waals surface area (Å²) in [5, 5.41) is 26.6. The summed E-state index contributed by atoms with van der Waals surface area (Å²) in [6.07, 6.45) is 2.77. The monoisotopic (exact) mass is 476 g/mol. The Labute approximate surface area is 204 Å². The van der Waals surface area contributed by atoms with Crippen molar-refractivity contribution in [2.45, 2.75) is 90.6 Å².